The first-order chi connectivity index (χ1) is 10.3. The van der Waals surface area contributed by atoms with Crippen LogP contribution in [-0.4, -0.2) is 38.3 Å². The Bertz CT molecular complexity index is 680. The van der Waals surface area contributed by atoms with Gasteiger partial charge in [-0.25, -0.2) is 9.67 Å². The van der Waals surface area contributed by atoms with E-state index < -0.39 is 0 Å². The van der Waals surface area contributed by atoms with Gasteiger partial charge in [0.1, 0.15) is 5.82 Å². The first-order valence-electron chi connectivity index (χ1n) is 6.76. The lowest BCUT2D eigenvalue weighted by Crippen LogP contribution is -2.22. The molecule has 0 bridgehead atoms. The SMILES string of the molecule is CN(CCc1ccccn1)c1cncc(-n2cccn2)n1. The smallest absolute Gasteiger partial charge is 0.173 e. The highest BCUT2D eigenvalue weighted by Gasteiger charge is 2.06. The van der Waals surface area contributed by atoms with Crippen molar-refractivity contribution in [1.82, 2.24) is 24.7 Å². The van der Waals surface area contributed by atoms with Gasteiger partial charge in [-0.1, -0.05) is 6.07 Å². The molecule has 0 radical (unpaired) electrons. The summed E-state index contributed by atoms with van der Waals surface area (Å²) in [7, 11) is 2.00. The highest BCUT2D eigenvalue weighted by molar-refractivity contribution is 5.38. The van der Waals surface area contributed by atoms with E-state index in [-0.39, 0.29) is 0 Å². The van der Waals surface area contributed by atoms with Crippen molar-refractivity contribution in [1.29, 1.82) is 0 Å². The summed E-state index contributed by atoms with van der Waals surface area (Å²) in [5.41, 5.74) is 1.07. The lowest BCUT2D eigenvalue weighted by atomic mass is 10.2. The molecule has 0 saturated carbocycles. The van der Waals surface area contributed by atoms with Crippen LogP contribution in [0.1, 0.15) is 5.69 Å². The zero-order valence-corrected chi connectivity index (χ0v) is 11.8. The number of hydrogen-bond donors (Lipinski definition) is 0. The topological polar surface area (TPSA) is 59.7 Å². The molecule has 0 aliphatic carbocycles. The van der Waals surface area contributed by atoms with E-state index in [4.69, 9.17) is 0 Å². The van der Waals surface area contributed by atoms with Crippen LogP contribution in [0, 0.1) is 0 Å². The van der Waals surface area contributed by atoms with E-state index in [0.717, 1.165) is 24.5 Å². The fourth-order valence-electron chi connectivity index (χ4n) is 1.99. The van der Waals surface area contributed by atoms with Crippen LogP contribution in [-0.2, 0) is 6.42 Å². The van der Waals surface area contributed by atoms with Gasteiger partial charge >= 0.3 is 0 Å². The molecule has 0 spiro atoms. The monoisotopic (exact) mass is 280 g/mol. The minimum Gasteiger partial charge on any atom is -0.358 e. The number of pyridine rings is 1. The van der Waals surface area contributed by atoms with E-state index in [1.807, 2.05) is 43.7 Å². The summed E-state index contributed by atoms with van der Waals surface area (Å²) in [6, 6.07) is 7.81. The molecule has 3 aromatic rings. The van der Waals surface area contributed by atoms with Crippen LogP contribution in [0.3, 0.4) is 0 Å². The standard InChI is InChI=1S/C15H16N6/c1-20(10-6-13-5-2-3-7-17-13)14-11-16-12-15(19-14)21-9-4-8-18-21/h2-5,7-9,11-12H,6,10H2,1H3. The van der Waals surface area contributed by atoms with E-state index in [1.165, 1.54) is 0 Å². The van der Waals surface area contributed by atoms with Gasteiger partial charge in [-0.15, -0.1) is 0 Å². The quantitative estimate of drug-likeness (QED) is 0.712. The van der Waals surface area contributed by atoms with Crippen LogP contribution in [0.4, 0.5) is 5.82 Å². The zero-order chi connectivity index (χ0) is 14.5. The fraction of sp³-hybridized carbons (Fsp3) is 0.200. The van der Waals surface area contributed by atoms with Crippen LogP contribution < -0.4 is 4.90 Å². The second kappa shape index (κ2) is 6.13. The minimum absolute atomic E-state index is 0.710. The molecule has 0 atom stereocenters. The molecular weight excluding hydrogens is 264 g/mol. The van der Waals surface area contributed by atoms with Gasteiger partial charge in [0, 0.05) is 44.3 Å². The predicted octanol–water partition coefficient (Wildman–Crippen LogP) is 1.74. The molecule has 0 aromatic carbocycles. The average molecular weight is 280 g/mol. The molecule has 6 nitrogen and oxygen atoms in total. The van der Waals surface area contributed by atoms with Gasteiger partial charge in [-0.3, -0.25) is 9.97 Å². The number of rotatable bonds is 5. The van der Waals surface area contributed by atoms with Crippen molar-refractivity contribution in [3.05, 3.63) is 60.9 Å². The maximum atomic E-state index is 4.57. The van der Waals surface area contributed by atoms with Crippen molar-refractivity contribution in [3.63, 3.8) is 0 Å². The number of anilines is 1. The molecule has 0 unspecified atom stereocenters. The predicted molar refractivity (Wildman–Crippen MR) is 80.4 cm³/mol. The van der Waals surface area contributed by atoms with Crippen LogP contribution in [0.15, 0.2) is 55.2 Å². The summed E-state index contributed by atoms with van der Waals surface area (Å²) >= 11 is 0. The van der Waals surface area contributed by atoms with Gasteiger partial charge in [-0.2, -0.15) is 5.10 Å². The lowest BCUT2D eigenvalue weighted by molar-refractivity contribution is 0.804. The second-order valence-corrected chi connectivity index (χ2v) is 4.68. The average Bonchev–Trinajstić information content (AvgIpc) is 3.08. The Morgan fingerprint density at radius 2 is 2.10 bits per heavy atom. The van der Waals surface area contributed by atoms with Gasteiger partial charge in [0.25, 0.3) is 0 Å². The Kier molecular flexibility index (Phi) is 3.86. The van der Waals surface area contributed by atoms with Crippen LogP contribution in [0.2, 0.25) is 0 Å². The Hall–Kier alpha value is -2.76. The van der Waals surface area contributed by atoms with E-state index in [2.05, 4.69) is 25.0 Å². The fourth-order valence-corrected chi connectivity index (χ4v) is 1.99. The molecule has 0 saturated heterocycles. The Labute approximate surface area is 123 Å². The van der Waals surface area contributed by atoms with Crippen molar-refractivity contribution in [2.24, 2.45) is 0 Å². The minimum atomic E-state index is 0.710. The van der Waals surface area contributed by atoms with E-state index >= 15 is 0 Å². The molecule has 0 aliphatic heterocycles. The first kappa shape index (κ1) is 13.2. The molecule has 0 fully saturated rings. The second-order valence-electron chi connectivity index (χ2n) is 4.68. The van der Waals surface area contributed by atoms with Gasteiger partial charge < -0.3 is 4.90 Å². The zero-order valence-electron chi connectivity index (χ0n) is 11.8. The van der Waals surface area contributed by atoms with E-state index in [1.54, 1.807) is 23.3 Å². The summed E-state index contributed by atoms with van der Waals surface area (Å²) in [5, 5.41) is 4.17. The molecule has 0 amide bonds. The lowest BCUT2D eigenvalue weighted by Gasteiger charge is -2.17. The molecule has 106 valence electrons. The van der Waals surface area contributed by atoms with Crippen LogP contribution >= 0.6 is 0 Å². The molecule has 0 N–H and O–H groups in total. The highest BCUT2D eigenvalue weighted by Crippen LogP contribution is 2.10. The molecule has 3 heterocycles. The number of aromatic nitrogens is 5. The van der Waals surface area contributed by atoms with E-state index in [0.29, 0.717) is 5.82 Å². The maximum Gasteiger partial charge on any atom is 0.173 e. The van der Waals surface area contributed by atoms with Crippen LogP contribution in [0.5, 0.6) is 0 Å². The largest absolute Gasteiger partial charge is 0.358 e. The third-order valence-electron chi connectivity index (χ3n) is 3.17. The van der Waals surface area contributed by atoms with Crippen molar-refractivity contribution < 1.29 is 0 Å². The van der Waals surface area contributed by atoms with Crippen molar-refractivity contribution in [2.75, 3.05) is 18.5 Å². The van der Waals surface area contributed by atoms with Crippen molar-refractivity contribution in [2.45, 2.75) is 6.42 Å². The highest BCUT2D eigenvalue weighted by atomic mass is 15.3. The summed E-state index contributed by atoms with van der Waals surface area (Å²) in [6.07, 6.45) is 9.70. The van der Waals surface area contributed by atoms with Crippen molar-refractivity contribution >= 4 is 5.82 Å². The Morgan fingerprint density at radius 3 is 2.86 bits per heavy atom. The molecule has 3 rings (SSSR count). The summed E-state index contributed by atoms with van der Waals surface area (Å²) < 4.78 is 1.70. The molecule has 3 aromatic heterocycles. The van der Waals surface area contributed by atoms with Crippen molar-refractivity contribution in [3.8, 4) is 5.82 Å². The number of likely N-dealkylation sites (N-methyl/N-ethyl adjacent to an activating group) is 1. The van der Waals surface area contributed by atoms with Gasteiger partial charge in [-0.05, 0) is 18.2 Å². The van der Waals surface area contributed by atoms with E-state index in [9.17, 15) is 0 Å². The van der Waals surface area contributed by atoms with Crippen LogP contribution in [0.25, 0.3) is 5.82 Å². The van der Waals surface area contributed by atoms with Gasteiger partial charge in [0.2, 0.25) is 0 Å². The third kappa shape index (κ3) is 3.22. The number of nitrogens with zero attached hydrogens (tertiary/aromatic N) is 6. The molecule has 0 aliphatic rings. The Morgan fingerprint density at radius 1 is 1.14 bits per heavy atom. The first-order valence-corrected chi connectivity index (χ1v) is 6.76. The Balaban J connectivity index is 1.70. The number of hydrogen-bond acceptors (Lipinski definition) is 5. The van der Waals surface area contributed by atoms with Gasteiger partial charge in [0.05, 0.1) is 12.4 Å². The van der Waals surface area contributed by atoms with Gasteiger partial charge in [0.15, 0.2) is 5.82 Å². The molecule has 21 heavy (non-hydrogen) atoms. The molecular formula is C15H16N6. The third-order valence-corrected chi connectivity index (χ3v) is 3.17. The molecule has 6 heteroatoms. The summed E-state index contributed by atoms with van der Waals surface area (Å²) in [4.78, 5) is 15.2. The normalized spacial score (nSPS) is 10.5. The summed E-state index contributed by atoms with van der Waals surface area (Å²) in [5.74, 6) is 1.53. The maximum absolute atomic E-state index is 4.57. The summed E-state index contributed by atoms with van der Waals surface area (Å²) in [6.45, 7) is 0.828.